The van der Waals surface area contributed by atoms with Gasteiger partial charge in [-0.1, -0.05) is 6.07 Å². The molecular formula is C18H19N3O8S2. The van der Waals surface area contributed by atoms with E-state index in [1.165, 1.54) is 30.3 Å². The Bertz CT molecular complexity index is 1190. The number of sulfonamides is 1. The van der Waals surface area contributed by atoms with Crippen LogP contribution in [0.5, 0.6) is 0 Å². The van der Waals surface area contributed by atoms with Crippen molar-refractivity contribution in [3.63, 3.8) is 0 Å². The first-order valence-electron chi connectivity index (χ1n) is 8.65. The first-order chi connectivity index (χ1) is 14.4. The van der Waals surface area contributed by atoms with Crippen LogP contribution in [0.25, 0.3) is 0 Å². The predicted octanol–water partition coefficient (Wildman–Crippen LogP) is -0.264. The van der Waals surface area contributed by atoms with Gasteiger partial charge < -0.3 is 15.2 Å². The first-order valence-corrected chi connectivity index (χ1v) is 12.0. The lowest BCUT2D eigenvalue weighted by Gasteiger charge is -2.11. The zero-order valence-electron chi connectivity index (χ0n) is 16.2. The molecule has 0 saturated heterocycles. The van der Waals surface area contributed by atoms with E-state index in [-0.39, 0.29) is 27.6 Å². The highest BCUT2D eigenvalue weighted by molar-refractivity contribution is 7.91. The van der Waals surface area contributed by atoms with E-state index in [2.05, 4.69) is 15.0 Å². The van der Waals surface area contributed by atoms with Crippen molar-refractivity contribution in [1.29, 1.82) is 0 Å². The number of nitrogens with zero attached hydrogens (tertiary/aromatic N) is 1. The van der Waals surface area contributed by atoms with Crippen LogP contribution in [-0.4, -0.2) is 57.4 Å². The zero-order chi connectivity index (χ0) is 23.2. The van der Waals surface area contributed by atoms with Gasteiger partial charge in [0.25, 0.3) is 5.91 Å². The summed E-state index contributed by atoms with van der Waals surface area (Å²) in [5.74, 6) is -1.96. The van der Waals surface area contributed by atoms with Crippen molar-refractivity contribution in [2.24, 2.45) is 0 Å². The van der Waals surface area contributed by atoms with E-state index < -0.39 is 44.2 Å². The van der Waals surface area contributed by atoms with Gasteiger partial charge in [-0.15, -0.1) is 0 Å². The highest BCUT2D eigenvalue weighted by Crippen LogP contribution is 2.16. The Morgan fingerprint density at radius 3 is 2.35 bits per heavy atom. The lowest BCUT2D eigenvalue weighted by atomic mass is 10.2. The van der Waals surface area contributed by atoms with Crippen molar-refractivity contribution in [2.45, 2.75) is 28.8 Å². The van der Waals surface area contributed by atoms with Crippen LogP contribution in [0, 0.1) is 0 Å². The average Bonchev–Trinajstić information content (AvgIpc) is 2.71. The number of carbonyl (C=O) groups excluding carboxylic acids is 2. The van der Waals surface area contributed by atoms with Crippen LogP contribution in [0.2, 0.25) is 0 Å². The maximum Gasteiger partial charge on any atom is 0.305 e. The van der Waals surface area contributed by atoms with Crippen LogP contribution in [-0.2, 0) is 36.0 Å². The second-order valence-corrected chi connectivity index (χ2v) is 10.2. The number of carboxylic acids is 1. The van der Waals surface area contributed by atoms with Gasteiger partial charge in [-0.05, 0) is 30.3 Å². The normalized spacial score (nSPS) is 12.7. The van der Waals surface area contributed by atoms with Crippen molar-refractivity contribution < 1.29 is 36.3 Å². The molecule has 166 valence electrons. The fourth-order valence-corrected chi connectivity index (χ4v) is 4.15. The maximum atomic E-state index is 12.4. The number of amides is 1. The quantitative estimate of drug-likeness (QED) is 0.395. The number of hydrogen-bond acceptors (Lipinski definition) is 8. The number of aldehydes is 1. The van der Waals surface area contributed by atoms with Gasteiger partial charge in [0.1, 0.15) is 6.29 Å². The molecule has 1 aromatic heterocycles. The molecular weight excluding hydrogens is 450 g/mol. The number of aromatic nitrogens is 1. The summed E-state index contributed by atoms with van der Waals surface area (Å²) in [4.78, 5) is 37.1. The van der Waals surface area contributed by atoms with E-state index in [9.17, 15) is 31.2 Å². The molecule has 0 radical (unpaired) electrons. The topological polar surface area (TPSA) is 177 Å². The largest absolute Gasteiger partial charge is 0.481 e. The van der Waals surface area contributed by atoms with Crippen LogP contribution in [0.4, 0.5) is 0 Å². The van der Waals surface area contributed by atoms with E-state index in [4.69, 9.17) is 5.11 Å². The highest BCUT2D eigenvalue weighted by atomic mass is 32.2. The molecule has 0 aliphatic rings. The Kier molecular flexibility index (Phi) is 7.60. The Labute approximate surface area is 178 Å². The van der Waals surface area contributed by atoms with Crippen molar-refractivity contribution in [2.75, 3.05) is 6.26 Å². The Hall–Kier alpha value is -3.16. The molecule has 1 amide bonds. The number of carboxylic acid groups (broad SMARTS) is 1. The van der Waals surface area contributed by atoms with E-state index in [0.29, 0.717) is 6.29 Å². The van der Waals surface area contributed by atoms with Gasteiger partial charge in [-0.25, -0.2) is 21.6 Å². The molecule has 0 bridgehead atoms. The fraction of sp³-hybridized carbons (Fsp3) is 0.222. The minimum atomic E-state index is -4.03. The van der Waals surface area contributed by atoms with Crippen LogP contribution >= 0.6 is 0 Å². The molecule has 0 saturated carbocycles. The zero-order valence-corrected chi connectivity index (χ0v) is 17.8. The second-order valence-electron chi connectivity index (χ2n) is 6.42. The van der Waals surface area contributed by atoms with Crippen molar-refractivity contribution in [3.05, 3.63) is 53.9 Å². The van der Waals surface area contributed by atoms with Crippen LogP contribution < -0.4 is 10.0 Å². The molecule has 31 heavy (non-hydrogen) atoms. The van der Waals surface area contributed by atoms with Gasteiger partial charge in [-0.3, -0.25) is 14.6 Å². The summed E-state index contributed by atoms with van der Waals surface area (Å²) >= 11 is 0. The predicted molar refractivity (Wildman–Crippen MR) is 107 cm³/mol. The standard InChI is InChI=1S/C18H19N3O8S2/c1-30(26,27)15-3-2-4-16(8-15)31(28,29)20-10-13-6-5-12(9-19-13)18(25)21-14(11-22)7-17(23)24/h2-6,8-9,11,14,20H,7,10H2,1H3,(H,21,25)(H,23,24)/t14-/m0/s1. The van der Waals surface area contributed by atoms with Gasteiger partial charge in [0, 0.05) is 12.5 Å². The van der Waals surface area contributed by atoms with Gasteiger partial charge in [0.2, 0.25) is 10.0 Å². The fourth-order valence-electron chi connectivity index (χ4n) is 2.36. The molecule has 3 N–H and O–H groups in total. The van der Waals surface area contributed by atoms with Crippen LogP contribution in [0.1, 0.15) is 22.5 Å². The number of carbonyl (C=O) groups is 3. The van der Waals surface area contributed by atoms with Crippen molar-refractivity contribution >= 4 is 38.0 Å². The Morgan fingerprint density at radius 2 is 1.81 bits per heavy atom. The minimum absolute atomic E-state index is 0.0460. The first kappa shape index (κ1) is 24.1. The molecule has 0 aliphatic heterocycles. The summed E-state index contributed by atoms with van der Waals surface area (Å²) < 4.78 is 50.4. The SMILES string of the molecule is CS(=O)(=O)c1cccc(S(=O)(=O)NCc2ccc(C(=O)N[C@H](C=O)CC(=O)O)cn2)c1. The number of nitrogens with one attached hydrogen (secondary N) is 2. The average molecular weight is 469 g/mol. The van der Waals surface area contributed by atoms with Crippen molar-refractivity contribution in [1.82, 2.24) is 15.0 Å². The molecule has 1 aromatic carbocycles. The summed E-state index contributed by atoms with van der Waals surface area (Å²) in [6.07, 6.45) is 1.85. The number of benzene rings is 1. The number of rotatable bonds is 10. The second kappa shape index (κ2) is 9.76. The smallest absolute Gasteiger partial charge is 0.305 e. The molecule has 2 aromatic rings. The molecule has 13 heteroatoms. The number of hydrogen-bond donors (Lipinski definition) is 3. The van der Waals surface area contributed by atoms with Gasteiger partial charge >= 0.3 is 5.97 Å². The lowest BCUT2D eigenvalue weighted by Crippen LogP contribution is -2.37. The van der Waals surface area contributed by atoms with Crippen LogP contribution in [0.3, 0.4) is 0 Å². The molecule has 0 fully saturated rings. The van der Waals surface area contributed by atoms with Gasteiger partial charge in [-0.2, -0.15) is 0 Å². The van der Waals surface area contributed by atoms with Gasteiger partial charge in [0.15, 0.2) is 9.84 Å². The molecule has 0 aliphatic carbocycles. The molecule has 11 nitrogen and oxygen atoms in total. The minimum Gasteiger partial charge on any atom is -0.481 e. The number of aliphatic carboxylic acids is 1. The van der Waals surface area contributed by atoms with E-state index in [0.717, 1.165) is 18.5 Å². The monoisotopic (exact) mass is 469 g/mol. The van der Waals surface area contributed by atoms with E-state index in [1.807, 2.05) is 0 Å². The van der Waals surface area contributed by atoms with Crippen molar-refractivity contribution in [3.8, 4) is 0 Å². The maximum absolute atomic E-state index is 12.4. The highest BCUT2D eigenvalue weighted by Gasteiger charge is 2.18. The molecule has 0 unspecified atom stereocenters. The lowest BCUT2D eigenvalue weighted by molar-refractivity contribution is -0.138. The summed E-state index contributed by atoms with van der Waals surface area (Å²) in [6, 6.07) is 6.39. The number of pyridine rings is 1. The number of sulfone groups is 1. The summed E-state index contributed by atoms with van der Waals surface area (Å²) in [5, 5.41) is 10.9. The summed E-state index contributed by atoms with van der Waals surface area (Å²) in [6.45, 7) is -0.233. The molecule has 1 heterocycles. The summed E-state index contributed by atoms with van der Waals surface area (Å²) in [7, 11) is -7.61. The van der Waals surface area contributed by atoms with E-state index >= 15 is 0 Å². The molecule has 2 rings (SSSR count). The Morgan fingerprint density at radius 1 is 1.13 bits per heavy atom. The third-order valence-electron chi connectivity index (χ3n) is 3.95. The Balaban J connectivity index is 2.06. The van der Waals surface area contributed by atoms with Crippen LogP contribution in [0.15, 0.2) is 52.4 Å². The third kappa shape index (κ3) is 6.94. The van der Waals surface area contributed by atoms with E-state index in [1.54, 1.807) is 0 Å². The molecule has 1 atom stereocenters. The third-order valence-corrected chi connectivity index (χ3v) is 6.46. The van der Waals surface area contributed by atoms with Gasteiger partial charge in [0.05, 0.1) is 40.1 Å². The molecule has 0 spiro atoms. The summed E-state index contributed by atoms with van der Waals surface area (Å²) in [5.41, 5.74) is 0.307.